The highest BCUT2D eigenvalue weighted by atomic mass is 35.5. The highest BCUT2D eigenvalue weighted by Crippen LogP contribution is 2.34. The number of amides is 1. The Morgan fingerprint density at radius 2 is 1.76 bits per heavy atom. The minimum Gasteiger partial charge on any atom is -0.508 e. The maximum Gasteiger partial charge on any atom is 0.435 e. The number of phenolic OH excluding ortho intramolecular Hbond substituents is 1. The van der Waals surface area contributed by atoms with Crippen molar-refractivity contribution in [3.8, 4) is 22.7 Å². The standard InChI is InChI=1S/C24H17ClF3N3O2.H2/c1-14-12-17(10-11-21(14)32)29-23(33)16-8-6-15(7-9-16)20-13-22(24(26,27)28)30-31(20)19-5-3-2-4-18(19)25;/h2-13,32H,1H3,(H,29,33);1H. The van der Waals surface area contributed by atoms with Gasteiger partial charge in [0.15, 0.2) is 5.69 Å². The third-order valence-electron chi connectivity index (χ3n) is 4.98. The summed E-state index contributed by atoms with van der Waals surface area (Å²) in [5, 5.41) is 16.3. The molecule has 0 unspecified atom stereocenters. The number of halogens is 4. The lowest BCUT2D eigenvalue weighted by Gasteiger charge is -2.10. The van der Waals surface area contributed by atoms with E-state index >= 15 is 0 Å². The summed E-state index contributed by atoms with van der Waals surface area (Å²) in [4.78, 5) is 12.6. The fraction of sp³-hybridized carbons (Fsp3) is 0.0833. The van der Waals surface area contributed by atoms with Gasteiger partial charge < -0.3 is 10.4 Å². The number of hydrogen-bond donors (Lipinski definition) is 2. The Kier molecular flexibility index (Phi) is 5.86. The average molecular weight is 474 g/mol. The molecule has 4 rings (SSSR count). The molecule has 170 valence electrons. The lowest BCUT2D eigenvalue weighted by Crippen LogP contribution is -2.11. The van der Waals surface area contributed by atoms with E-state index in [1.807, 2.05) is 0 Å². The molecule has 0 saturated carbocycles. The third-order valence-corrected chi connectivity index (χ3v) is 5.30. The first-order chi connectivity index (χ1) is 15.6. The molecule has 9 heteroatoms. The molecule has 0 aliphatic rings. The molecule has 0 atom stereocenters. The Bertz CT molecular complexity index is 1340. The quantitative estimate of drug-likeness (QED) is 0.323. The Hall–Kier alpha value is -3.78. The first-order valence-electron chi connectivity index (χ1n) is 9.77. The molecule has 0 spiro atoms. The van der Waals surface area contributed by atoms with Crippen molar-refractivity contribution in [3.05, 3.63) is 94.6 Å². The zero-order valence-corrected chi connectivity index (χ0v) is 17.9. The lowest BCUT2D eigenvalue weighted by atomic mass is 10.1. The first-order valence-corrected chi connectivity index (χ1v) is 10.1. The van der Waals surface area contributed by atoms with Crippen LogP contribution in [0.4, 0.5) is 18.9 Å². The van der Waals surface area contributed by atoms with Gasteiger partial charge in [0.1, 0.15) is 5.75 Å². The Morgan fingerprint density at radius 1 is 1.06 bits per heavy atom. The molecule has 0 bridgehead atoms. The van der Waals surface area contributed by atoms with Gasteiger partial charge in [-0.2, -0.15) is 18.3 Å². The second-order valence-electron chi connectivity index (χ2n) is 7.31. The van der Waals surface area contributed by atoms with Crippen molar-refractivity contribution in [2.75, 3.05) is 5.32 Å². The number of aromatic nitrogens is 2. The summed E-state index contributed by atoms with van der Waals surface area (Å²) in [5.74, 6) is -0.284. The van der Waals surface area contributed by atoms with E-state index in [2.05, 4.69) is 10.4 Å². The minimum atomic E-state index is -4.64. The van der Waals surface area contributed by atoms with E-state index in [4.69, 9.17) is 11.6 Å². The third kappa shape index (κ3) is 4.70. The molecular formula is C24H19ClF3N3O2. The summed E-state index contributed by atoms with van der Waals surface area (Å²) >= 11 is 6.20. The summed E-state index contributed by atoms with van der Waals surface area (Å²) in [6.07, 6.45) is -4.64. The molecule has 4 aromatic rings. The van der Waals surface area contributed by atoms with Crippen LogP contribution in [0.15, 0.2) is 72.8 Å². The molecule has 0 fully saturated rings. The van der Waals surface area contributed by atoms with Crippen molar-refractivity contribution in [2.45, 2.75) is 13.1 Å². The number of para-hydroxylation sites is 1. The second kappa shape index (κ2) is 8.63. The van der Waals surface area contributed by atoms with Gasteiger partial charge in [0.25, 0.3) is 5.91 Å². The Morgan fingerprint density at radius 3 is 2.39 bits per heavy atom. The van der Waals surface area contributed by atoms with Gasteiger partial charge in [0.2, 0.25) is 0 Å². The van der Waals surface area contributed by atoms with E-state index in [-0.39, 0.29) is 17.9 Å². The van der Waals surface area contributed by atoms with E-state index in [1.165, 1.54) is 18.2 Å². The van der Waals surface area contributed by atoms with E-state index in [0.29, 0.717) is 28.1 Å². The number of alkyl halides is 3. The van der Waals surface area contributed by atoms with Gasteiger partial charge >= 0.3 is 6.18 Å². The van der Waals surface area contributed by atoms with Crippen molar-refractivity contribution in [1.82, 2.24) is 9.78 Å². The lowest BCUT2D eigenvalue weighted by molar-refractivity contribution is -0.141. The van der Waals surface area contributed by atoms with Crippen LogP contribution in [-0.2, 0) is 6.18 Å². The number of carbonyl (C=O) groups excluding carboxylic acids is 1. The first kappa shape index (κ1) is 22.4. The fourth-order valence-corrected chi connectivity index (χ4v) is 3.48. The molecule has 3 aromatic carbocycles. The van der Waals surface area contributed by atoms with Crippen LogP contribution in [0.25, 0.3) is 16.9 Å². The summed E-state index contributed by atoms with van der Waals surface area (Å²) in [5.41, 5.74) is 1.27. The van der Waals surface area contributed by atoms with Gasteiger partial charge in [-0.05, 0) is 61.0 Å². The summed E-state index contributed by atoms with van der Waals surface area (Å²) in [6, 6.07) is 18.2. The number of anilines is 1. The maximum absolute atomic E-state index is 13.4. The predicted molar refractivity (Wildman–Crippen MR) is 122 cm³/mol. The van der Waals surface area contributed by atoms with Gasteiger partial charge in [-0.3, -0.25) is 4.79 Å². The molecule has 1 aromatic heterocycles. The molecule has 0 radical (unpaired) electrons. The molecule has 5 nitrogen and oxygen atoms in total. The van der Waals surface area contributed by atoms with Crippen molar-refractivity contribution in [2.24, 2.45) is 0 Å². The van der Waals surface area contributed by atoms with Crippen LogP contribution in [0.1, 0.15) is 23.0 Å². The van der Waals surface area contributed by atoms with Crippen LogP contribution < -0.4 is 5.32 Å². The number of carbonyl (C=O) groups is 1. The number of aromatic hydroxyl groups is 1. The van der Waals surface area contributed by atoms with E-state index in [9.17, 15) is 23.1 Å². The number of rotatable bonds is 4. The predicted octanol–water partition coefficient (Wildman–Crippen LogP) is 6.72. The van der Waals surface area contributed by atoms with E-state index < -0.39 is 17.8 Å². The normalized spacial score (nSPS) is 11.4. The van der Waals surface area contributed by atoms with Crippen molar-refractivity contribution >= 4 is 23.2 Å². The maximum atomic E-state index is 13.4. The van der Waals surface area contributed by atoms with Crippen molar-refractivity contribution < 1.29 is 24.5 Å². The number of nitrogens with zero attached hydrogens (tertiary/aromatic N) is 2. The molecule has 0 saturated heterocycles. The number of phenols is 1. The number of nitrogens with one attached hydrogen (secondary N) is 1. The SMILES string of the molecule is Cc1cc(NC(=O)c2ccc(-c3cc(C(F)(F)F)nn3-c3ccccc3Cl)cc2)ccc1O.[HH]. The number of hydrogen-bond acceptors (Lipinski definition) is 3. The van der Waals surface area contributed by atoms with Crippen molar-refractivity contribution in [3.63, 3.8) is 0 Å². The molecule has 0 aliphatic carbocycles. The zero-order chi connectivity index (χ0) is 23.8. The van der Waals surface area contributed by atoms with Gasteiger partial charge in [0.05, 0.1) is 16.4 Å². The molecule has 1 heterocycles. The average Bonchev–Trinajstić information content (AvgIpc) is 3.22. The fourth-order valence-electron chi connectivity index (χ4n) is 3.26. The van der Waals surface area contributed by atoms with Crippen LogP contribution in [0.2, 0.25) is 5.02 Å². The Labute approximate surface area is 193 Å². The molecule has 1 amide bonds. The van der Waals surface area contributed by atoms with Gasteiger partial charge in [-0.1, -0.05) is 35.9 Å². The molecule has 33 heavy (non-hydrogen) atoms. The van der Waals surface area contributed by atoms with Gasteiger partial charge in [-0.25, -0.2) is 4.68 Å². The van der Waals surface area contributed by atoms with Gasteiger partial charge in [0, 0.05) is 18.2 Å². The highest BCUT2D eigenvalue weighted by Gasteiger charge is 2.35. The number of aryl methyl sites for hydroxylation is 1. The second-order valence-corrected chi connectivity index (χ2v) is 7.72. The van der Waals surface area contributed by atoms with E-state index in [0.717, 1.165) is 10.7 Å². The summed E-state index contributed by atoms with van der Waals surface area (Å²) < 4.78 is 41.2. The van der Waals surface area contributed by atoms with Crippen LogP contribution in [0.3, 0.4) is 0 Å². The molecular weight excluding hydrogens is 455 g/mol. The largest absolute Gasteiger partial charge is 0.508 e. The molecule has 2 N–H and O–H groups in total. The highest BCUT2D eigenvalue weighted by molar-refractivity contribution is 6.32. The van der Waals surface area contributed by atoms with Gasteiger partial charge in [-0.15, -0.1) is 0 Å². The molecule has 0 aliphatic heterocycles. The smallest absolute Gasteiger partial charge is 0.435 e. The van der Waals surface area contributed by atoms with Crippen LogP contribution in [0.5, 0.6) is 5.75 Å². The van der Waals surface area contributed by atoms with Crippen LogP contribution in [-0.4, -0.2) is 20.8 Å². The summed E-state index contributed by atoms with van der Waals surface area (Å²) in [7, 11) is 0. The summed E-state index contributed by atoms with van der Waals surface area (Å²) in [6.45, 7) is 1.71. The van der Waals surface area contributed by atoms with Crippen LogP contribution in [0, 0.1) is 6.92 Å². The van der Waals surface area contributed by atoms with E-state index in [1.54, 1.807) is 55.5 Å². The van der Waals surface area contributed by atoms with Crippen LogP contribution >= 0.6 is 11.6 Å². The Balaban J connectivity index is 0.00000324. The topological polar surface area (TPSA) is 67.2 Å². The minimum absolute atomic E-state index is 0. The number of benzene rings is 3. The van der Waals surface area contributed by atoms with Crippen molar-refractivity contribution in [1.29, 1.82) is 0 Å². The zero-order valence-electron chi connectivity index (χ0n) is 17.2. The monoisotopic (exact) mass is 473 g/mol.